The SMILES string of the molecule is CC(C)(C)OC(=O)N1CCC[C@@H]1OCc1c(C(=O)O)ccc2c1OCO2. The fourth-order valence-electron chi connectivity index (χ4n) is 2.99. The molecule has 0 aromatic heterocycles. The van der Waals surface area contributed by atoms with Crippen LogP contribution in [-0.4, -0.2) is 47.2 Å². The third kappa shape index (κ3) is 3.85. The molecule has 142 valence electrons. The second-order valence-electron chi connectivity index (χ2n) is 7.21. The maximum atomic E-state index is 12.3. The number of aromatic carboxylic acids is 1. The van der Waals surface area contributed by atoms with Crippen molar-refractivity contribution in [1.82, 2.24) is 4.90 Å². The molecule has 0 unspecified atom stereocenters. The monoisotopic (exact) mass is 365 g/mol. The standard InChI is InChI=1S/C18H23NO7/c1-18(2,3)26-17(22)19-8-4-5-14(19)23-9-12-11(16(20)21)6-7-13-15(12)25-10-24-13/h6-7,14H,4-5,8-10H2,1-3H3,(H,20,21)/t14-/m0/s1. The molecule has 1 saturated heterocycles. The molecule has 0 aliphatic carbocycles. The molecular formula is C18H23NO7. The second kappa shape index (κ2) is 7.03. The van der Waals surface area contributed by atoms with E-state index in [0.717, 1.165) is 6.42 Å². The number of carbonyl (C=O) groups excluding carboxylic acids is 1. The van der Waals surface area contributed by atoms with Gasteiger partial charge in [-0.25, -0.2) is 9.59 Å². The summed E-state index contributed by atoms with van der Waals surface area (Å²) in [5, 5.41) is 9.42. The zero-order valence-electron chi connectivity index (χ0n) is 15.1. The molecule has 2 aliphatic rings. The number of hydrogen-bond acceptors (Lipinski definition) is 6. The van der Waals surface area contributed by atoms with Crippen molar-refractivity contribution in [3.8, 4) is 11.5 Å². The van der Waals surface area contributed by atoms with Crippen LogP contribution in [0.1, 0.15) is 49.5 Å². The Morgan fingerprint density at radius 2 is 2.08 bits per heavy atom. The lowest BCUT2D eigenvalue weighted by molar-refractivity contribution is -0.0562. The summed E-state index contributed by atoms with van der Waals surface area (Å²) in [4.78, 5) is 25.4. The van der Waals surface area contributed by atoms with E-state index in [4.69, 9.17) is 18.9 Å². The van der Waals surface area contributed by atoms with Gasteiger partial charge in [0.2, 0.25) is 6.79 Å². The molecule has 0 saturated carbocycles. The van der Waals surface area contributed by atoms with Gasteiger partial charge < -0.3 is 24.1 Å². The van der Waals surface area contributed by atoms with Crippen LogP contribution < -0.4 is 9.47 Å². The Morgan fingerprint density at radius 3 is 2.77 bits per heavy atom. The highest BCUT2D eigenvalue weighted by molar-refractivity contribution is 5.90. The van der Waals surface area contributed by atoms with E-state index < -0.39 is 23.9 Å². The fraction of sp³-hybridized carbons (Fsp3) is 0.556. The molecule has 3 rings (SSSR count). The third-order valence-corrected chi connectivity index (χ3v) is 4.12. The number of nitrogens with zero attached hydrogens (tertiary/aromatic N) is 1. The van der Waals surface area contributed by atoms with Gasteiger partial charge in [-0.2, -0.15) is 0 Å². The van der Waals surface area contributed by atoms with Crippen LogP contribution in [0.5, 0.6) is 11.5 Å². The first-order chi connectivity index (χ1) is 12.3. The van der Waals surface area contributed by atoms with Crippen LogP contribution in [0, 0.1) is 0 Å². The van der Waals surface area contributed by atoms with Crippen molar-refractivity contribution in [3.05, 3.63) is 23.3 Å². The number of carboxylic acid groups (broad SMARTS) is 1. The molecule has 0 bridgehead atoms. The van der Waals surface area contributed by atoms with Crippen molar-refractivity contribution in [3.63, 3.8) is 0 Å². The number of fused-ring (bicyclic) bond motifs is 1. The maximum absolute atomic E-state index is 12.3. The zero-order valence-corrected chi connectivity index (χ0v) is 15.1. The highest BCUT2D eigenvalue weighted by Crippen LogP contribution is 2.38. The number of carbonyl (C=O) groups is 2. The van der Waals surface area contributed by atoms with Crippen molar-refractivity contribution < 1.29 is 33.6 Å². The van der Waals surface area contributed by atoms with Gasteiger partial charge in [-0.1, -0.05) is 0 Å². The summed E-state index contributed by atoms with van der Waals surface area (Å²) in [6.07, 6.45) is 0.553. The minimum absolute atomic E-state index is 0.00185. The first kappa shape index (κ1) is 18.3. The van der Waals surface area contributed by atoms with Crippen molar-refractivity contribution >= 4 is 12.1 Å². The highest BCUT2D eigenvalue weighted by atomic mass is 16.7. The molecule has 1 aromatic carbocycles. The molecule has 8 heteroatoms. The Hall–Kier alpha value is -2.48. The van der Waals surface area contributed by atoms with Gasteiger partial charge >= 0.3 is 12.1 Å². The Morgan fingerprint density at radius 1 is 1.31 bits per heavy atom. The molecule has 1 atom stereocenters. The Balaban J connectivity index is 1.73. The number of amides is 1. The predicted molar refractivity (Wildman–Crippen MR) is 90.3 cm³/mol. The van der Waals surface area contributed by atoms with Gasteiger partial charge in [-0.15, -0.1) is 0 Å². The topological polar surface area (TPSA) is 94.5 Å². The van der Waals surface area contributed by atoms with E-state index in [1.165, 1.54) is 11.0 Å². The summed E-state index contributed by atoms with van der Waals surface area (Å²) in [6.45, 7) is 6.00. The minimum Gasteiger partial charge on any atom is -0.478 e. The number of benzene rings is 1. The summed E-state index contributed by atoms with van der Waals surface area (Å²) in [5.41, 5.74) is -0.0915. The zero-order chi connectivity index (χ0) is 18.9. The van der Waals surface area contributed by atoms with Gasteiger partial charge in [0.05, 0.1) is 12.2 Å². The van der Waals surface area contributed by atoms with Crippen molar-refractivity contribution in [2.24, 2.45) is 0 Å². The van der Waals surface area contributed by atoms with Crippen LogP contribution in [0.15, 0.2) is 12.1 Å². The van der Waals surface area contributed by atoms with Gasteiger partial charge in [-0.05, 0) is 45.7 Å². The molecule has 2 heterocycles. The summed E-state index contributed by atoms with van der Waals surface area (Å²) in [5.74, 6) is -0.201. The van der Waals surface area contributed by atoms with Crippen LogP contribution in [0.25, 0.3) is 0 Å². The lowest BCUT2D eigenvalue weighted by atomic mass is 10.1. The van der Waals surface area contributed by atoms with E-state index in [-0.39, 0.29) is 19.0 Å². The van der Waals surface area contributed by atoms with Crippen molar-refractivity contribution in [2.45, 2.75) is 52.0 Å². The molecule has 2 aliphatic heterocycles. The molecule has 1 N–H and O–H groups in total. The van der Waals surface area contributed by atoms with Gasteiger partial charge in [0.1, 0.15) is 11.8 Å². The van der Waals surface area contributed by atoms with E-state index in [0.29, 0.717) is 30.0 Å². The number of hydrogen-bond donors (Lipinski definition) is 1. The van der Waals surface area contributed by atoms with E-state index >= 15 is 0 Å². The van der Waals surface area contributed by atoms with Gasteiger partial charge in [-0.3, -0.25) is 4.90 Å². The maximum Gasteiger partial charge on any atom is 0.412 e. The van der Waals surface area contributed by atoms with Gasteiger partial charge in [0, 0.05) is 12.1 Å². The van der Waals surface area contributed by atoms with E-state index in [2.05, 4.69) is 0 Å². The Labute approximate surface area is 151 Å². The molecule has 0 spiro atoms. The van der Waals surface area contributed by atoms with Gasteiger partial charge in [0.15, 0.2) is 11.5 Å². The Kier molecular flexibility index (Phi) is 4.95. The fourth-order valence-corrected chi connectivity index (χ4v) is 2.99. The molecule has 1 aromatic rings. The summed E-state index contributed by atoms with van der Waals surface area (Å²) in [6, 6.07) is 3.03. The second-order valence-corrected chi connectivity index (χ2v) is 7.21. The largest absolute Gasteiger partial charge is 0.478 e. The lowest BCUT2D eigenvalue weighted by Crippen LogP contribution is -2.40. The third-order valence-electron chi connectivity index (χ3n) is 4.12. The molecular weight excluding hydrogens is 342 g/mol. The number of rotatable bonds is 4. The Bertz CT molecular complexity index is 710. The van der Waals surface area contributed by atoms with Gasteiger partial charge in [0.25, 0.3) is 0 Å². The van der Waals surface area contributed by atoms with Crippen LogP contribution in [0.4, 0.5) is 4.79 Å². The quantitative estimate of drug-likeness (QED) is 0.876. The first-order valence-electron chi connectivity index (χ1n) is 8.52. The summed E-state index contributed by atoms with van der Waals surface area (Å²) < 4.78 is 22.0. The van der Waals surface area contributed by atoms with E-state index in [1.54, 1.807) is 26.8 Å². The van der Waals surface area contributed by atoms with E-state index in [9.17, 15) is 14.7 Å². The molecule has 1 fully saturated rings. The number of ether oxygens (including phenoxy) is 4. The van der Waals surface area contributed by atoms with Crippen LogP contribution in [0.3, 0.4) is 0 Å². The average molecular weight is 365 g/mol. The molecule has 26 heavy (non-hydrogen) atoms. The normalized spacial score (nSPS) is 18.9. The molecule has 1 amide bonds. The predicted octanol–water partition coefficient (Wildman–Crippen LogP) is 2.99. The van der Waals surface area contributed by atoms with Crippen LogP contribution >= 0.6 is 0 Å². The minimum atomic E-state index is -1.07. The summed E-state index contributed by atoms with van der Waals surface area (Å²) >= 11 is 0. The number of carboxylic acids is 1. The van der Waals surface area contributed by atoms with Crippen LogP contribution in [0.2, 0.25) is 0 Å². The lowest BCUT2D eigenvalue weighted by Gasteiger charge is -2.28. The first-order valence-corrected chi connectivity index (χ1v) is 8.52. The highest BCUT2D eigenvalue weighted by Gasteiger charge is 2.34. The van der Waals surface area contributed by atoms with Crippen molar-refractivity contribution in [1.29, 1.82) is 0 Å². The van der Waals surface area contributed by atoms with E-state index in [1.807, 2.05) is 0 Å². The molecule has 8 nitrogen and oxygen atoms in total. The van der Waals surface area contributed by atoms with Crippen molar-refractivity contribution in [2.75, 3.05) is 13.3 Å². The average Bonchev–Trinajstić information content (AvgIpc) is 3.19. The summed E-state index contributed by atoms with van der Waals surface area (Å²) in [7, 11) is 0. The smallest absolute Gasteiger partial charge is 0.412 e. The molecule has 0 radical (unpaired) electrons. The number of likely N-dealkylation sites (tertiary alicyclic amines) is 1. The van der Waals surface area contributed by atoms with Crippen LogP contribution in [-0.2, 0) is 16.1 Å².